The van der Waals surface area contributed by atoms with E-state index >= 15 is 0 Å². The summed E-state index contributed by atoms with van der Waals surface area (Å²) in [4.78, 5) is 10.5. The van der Waals surface area contributed by atoms with E-state index in [0.717, 1.165) is 0 Å². The Labute approximate surface area is 62.8 Å². The number of rotatable bonds is 2. The van der Waals surface area contributed by atoms with E-state index in [-0.39, 0.29) is 6.61 Å². The highest BCUT2D eigenvalue weighted by Gasteiger charge is 2.09. The quantitative estimate of drug-likeness (QED) is 0.209. The molecule has 0 bridgehead atoms. The van der Waals surface area contributed by atoms with Crippen molar-refractivity contribution in [2.75, 3.05) is 6.61 Å². The van der Waals surface area contributed by atoms with Crippen molar-refractivity contribution in [1.29, 1.82) is 5.26 Å². The van der Waals surface area contributed by atoms with E-state index in [9.17, 15) is 4.79 Å². The molecule has 0 saturated heterocycles. The van der Waals surface area contributed by atoms with Crippen molar-refractivity contribution in [3.8, 4) is 5.40 Å². The summed E-state index contributed by atoms with van der Waals surface area (Å²) >= 11 is 0.521. The molecule has 0 heterocycles. The molecule has 0 atom stereocenters. The Morgan fingerprint density at radius 2 is 2.60 bits per heavy atom. The van der Waals surface area contributed by atoms with Crippen molar-refractivity contribution < 1.29 is 9.53 Å². The minimum Gasteiger partial charge on any atom is -0.448 e. The highest BCUT2D eigenvalue weighted by Crippen LogP contribution is 2.01. The van der Waals surface area contributed by atoms with Crippen LogP contribution in [0.3, 0.4) is 0 Å². The highest BCUT2D eigenvalue weighted by molar-refractivity contribution is 8.01. The number of nitrogens with two attached hydrogens (primary N) is 1. The highest BCUT2D eigenvalue weighted by atomic mass is 32.2. The number of hydrogen-bond acceptors (Lipinski definition) is 5. The first kappa shape index (κ1) is 9.07. The second-order valence-corrected chi connectivity index (χ2v) is 1.97. The number of carbonyl (C=O) groups is 1. The van der Waals surface area contributed by atoms with Gasteiger partial charge in [-0.3, -0.25) is 0 Å². The average Bonchev–Trinajstić information content (AvgIpc) is 1.89. The molecule has 56 valence electrons. The third-order valence-electron chi connectivity index (χ3n) is 0.587. The summed E-state index contributed by atoms with van der Waals surface area (Å²) in [6, 6.07) is 0. The summed E-state index contributed by atoms with van der Waals surface area (Å²) in [6.45, 7) is 1.90. The zero-order chi connectivity index (χ0) is 7.98. The van der Waals surface area contributed by atoms with Crippen LogP contribution in [0.25, 0.3) is 0 Å². The molecule has 0 aromatic heterocycles. The Kier molecular flexibility index (Phi) is 4.45. The van der Waals surface area contributed by atoms with Crippen LogP contribution in [0.1, 0.15) is 6.92 Å². The molecule has 0 aliphatic rings. The van der Waals surface area contributed by atoms with Gasteiger partial charge in [0.15, 0.2) is 5.40 Å². The predicted octanol–water partition coefficient (Wildman–Crippen LogP) is 0.448. The molecule has 0 rings (SSSR count). The summed E-state index contributed by atoms with van der Waals surface area (Å²) in [5.74, 6) is 5.01. The number of ether oxygens (including phenoxy) is 1. The normalized spacial score (nSPS) is 8.10. The minimum atomic E-state index is -0.714. The number of amides is 1. The van der Waals surface area contributed by atoms with Crippen molar-refractivity contribution in [2.24, 2.45) is 5.84 Å². The van der Waals surface area contributed by atoms with Crippen molar-refractivity contribution in [2.45, 2.75) is 6.92 Å². The zero-order valence-electron chi connectivity index (χ0n) is 5.40. The summed E-state index contributed by atoms with van der Waals surface area (Å²) in [5.41, 5.74) is 0. The zero-order valence-corrected chi connectivity index (χ0v) is 6.22. The number of carbonyl (C=O) groups excluding carboxylic acids is 1. The molecular formula is C4H7N3O2S. The SMILES string of the molecule is CCOC(=O)N(N)SC#N. The van der Waals surface area contributed by atoms with Gasteiger partial charge in [-0.2, -0.15) is 9.68 Å². The molecule has 5 nitrogen and oxygen atoms in total. The van der Waals surface area contributed by atoms with Crippen LogP contribution in [0.2, 0.25) is 0 Å². The van der Waals surface area contributed by atoms with Crippen LogP contribution in [-0.2, 0) is 4.74 Å². The molecule has 0 aliphatic carbocycles. The fourth-order valence-corrected chi connectivity index (χ4v) is 0.484. The lowest BCUT2D eigenvalue weighted by molar-refractivity contribution is 0.134. The number of nitrogens with zero attached hydrogens (tertiary/aromatic N) is 2. The van der Waals surface area contributed by atoms with Crippen LogP contribution in [0.4, 0.5) is 4.79 Å². The predicted molar refractivity (Wildman–Crippen MR) is 36.3 cm³/mol. The number of hydrazine groups is 1. The smallest absolute Gasteiger partial charge is 0.435 e. The van der Waals surface area contributed by atoms with Gasteiger partial charge >= 0.3 is 6.09 Å². The van der Waals surface area contributed by atoms with Crippen LogP contribution < -0.4 is 5.84 Å². The van der Waals surface area contributed by atoms with Gasteiger partial charge in [-0.05, 0) is 6.92 Å². The molecule has 0 unspecified atom stereocenters. The van der Waals surface area contributed by atoms with Crippen molar-refractivity contribution in [1.82, 2.24) is 4.41 Å². The van der Waals surface area contributed by atoms with Crippen LogP contribution in [-0.4, -0.2) is 17.1 Å². The molecule has 0 spiro atoms. The van der Waals surface area contributed by atoms with Crippen LogP contribution in [0.15, 0.2) is 0 Å². The van der Waals surface area contributed by atoms with E-state index < -0.39 is 6.09 Å². The first-order valence-electron chi connectivity index (χ1n) is 2.50. The van der Waals surface area contributed by atoms with E-state index in [4.69, 9.17) is 11.1 Å². The first-order chi connectivity index (χ1) is 4.72. The second-order valence-electron chi connectivity index (χ2n) is 1.21. The van der Waals surface area contributed by atoms with Gasteiger partial charge in [0.05, 0.1) is 18.6 Å². The van der Waals surface area contributed by atoms with Gasteiger partial charge in [-0.25, -0.2) is 10.6 Å². The van der Waals surface area contributed by atoms with Crippen LogP contribution in [0.5, 0.6) is 0 Å². The Bertz CT molecular complexity index is 155. The molecule has 10 heavy (non-hydrogen) atoms. The lowest BCUT2D eigenvalue weighted by Crippen LogP contribution is -2.30. The van der Waals surface area contributed by atoms with Crippen molar-refractivity contribution in [3.63, 3.8) is 0 Å². The first-order valence-corrected chi connectivity index (χ1v) is 3.27. The fraction of sp³-hybridized carbons (Fsp3) is 0.500. The maximum Gasteiger partial charge on any atom is 0.435 e. The average molecular weight is 161 g/mol. The largest absolute Gasteiger partial charge is 0.448 e. The molecule has 0 radical (unpaired) electrons. The Morgan fingerprint density at radius 1 is 2.00 bits per heavy atom. The van der Waals surface area contributed by atoms with E-state index in [2.05, 4.69) is 4.74 Å². The molecule has 2 N–H and O–H groups in total. The molecule has 0 aliphatic heterocycles. The van der Waals surface area contributed by atoms with E-state index in [1.807, 2.05) is 0 Å². The fourth-order valence-electron chi connectivity index (χ4n) is 0.268. The van der Waals surface area contributed by atoms with E-state index in [1.165, 1.54) is 0 Å². The van der Waals surface area contributed by atoms with Gasteiger partial charge in [0.25, 0.3) is 0 Å². The standard InChI is InChI=1S/C4H7N3O2S/c1-2-9-4(8)7(6)10-3-5/h2,6H2,1H3. The molecule has 6 heteroatoms. The Morgan fingerprint density at radius 3 is 3.00 bits per heavy atom. The molecule has 0 aromatic carbocycles. The lowest BCUT2D eigenvalue weighted by atomic mass is 10.9. The van der Waals surface area contributed by atoms with Crippen molar-refractivity contribution in [3.05, 3.63) is 0 Å². The number of nitriles is 1. The van der Waals surface area contributed by atoms with Gasteiger partial charge in [-0.1, -0.05) is 0 Å². The number of hydrogen-bond donors (Lipinski definition) is 1. The molecule has 0 aromatic rings. The number of thiocyanates is 1. The summed E-state index contributed by atoms with van der Waals surface area (Å²) in [6.07, 6.45) is -0.714. The maximum absolute atomic E-state index is 10.5. The van der Waals surface area contributed by atoms with E-state index in [0.29, 0.717) is 16.4 Å². The molecule has 0 fully saturated rings. The Hall–Kier alpha value is -0.930. The molecule has 1 amide bonds. The van der Waals surface area contributed by atoms with E-state index in [1.54, 1.807) is 12.3 Å². The van der Waals surface area contributed by atoms with Crippen LogP contribution in [0, 0.1) is 10.7 Å². The molecule has 0 saturated carbocycles. The third kappa shape index (κ3) is 3.17. The van der Waals surface area contributed by atoms with Crippen molar-refractivity contribution >= 4 is 18.0 Å². The topological polar surface area (TPSA) is 79.3 Å². The van der Waals surface area contributed by atoms with Gasteiger partial charge in [0.2, 0.25) is 0 Å². The third-order valence-corrected chi connectivity index (χ3v) is 1.01. The van der Waals surface area contributed by atoms with Gasteiger partial charge in [0, 0.05) is 0 Å². The van der Waals surface area contributed by atoms with Gasteiger partial charge in [-0.15, -0.1) is 0 Å². The van der Waals surface area contributed by atoms with Crippen LogP contribution >= 0.6 is 11.9 Å². The maximum atomic E-state index is 10.5. The monoisotopic (exact) mass is 161 g/mol. The summed E-state index contributed by atoms with van der Waals surface area (Å²) in [7, 11) is 0. The minimum absolute atomic E-state index is 0.249. The van der Waals surface area contributed by atoms with Gasteiger partial charge < -0.3 is 4.74 Å². The second kappa shape index (κ2) is 4.90. The lowest BCUT2D eigenvalue weighted by Gasteiger charge is -2.08. The summed E-state index contributed by atoms with van der Waals surface area (Å²) in [5, 5.41) is 9.66. The Balaban J connectivity index is 3.62. The van der Waals surface area contributed by atoms with Gasteiger partial charge in [0.1, 0.15) is 0 Å². The summed E-state index contributed by atoms with van der Waals surface area (Å²) < 4.78 is 5.07. The molecular weight excluding hydrogens is 154 g/mol.